The van der Waals surface area contributed by atoms with Crippen LogP contribution in [-0.2, 0) is 6.54 Å². The highest BCUT2D eigenvalue weighted by atomic mass is 79.9. The highest BCUT2D eigenvalue weighted by Gasteiger charge is 2.08. The molecule has 0 unspecified atom stereocenters. The molecule has 2 rings (SSSR count). The molecule has 0 atom stereocenters. The summed E-state index contributed by atoms with van der Waals surface area (Å²) in [5.41, 5.74) is 0.232. The number of aromatic carboxylic acids is 1. The number of hydrogen-bond donors (Lipinski definition) is 2. The first-order valence-electron chi connectivity index (χ1n) is 5.06. The monoisotopic (exact) mass is 329 g/mol. The van der Waals surface area contributed by atoms with Crippen LogP contribution in [0, 0.1) is 5.82 Å². The Morgan fingerprint density at radius 1 is 1.44 bits per heavy atom. The molecule has 0 aliphatic rings. The highest BCUT2D eigenvalue weighted by molar-refractivity contribution is 9.10. The van der Waals surface area contributed by atoms with E-state index in [9.17, 15) is 9.18 Å². The molecule has 1 heterocycles. The Bertz CT molecular complexity index is 585. The Kier molecular flexibility index (Phi) is 3.98. The lowest BCUT2D eigenvalue weighted by atomic mass is 10.2. The van der Waals surface area contributed by atoms with E-state index in [2.05, 4.69) is 21.2 Å². The average molecular weight is 330 g/mol. The Hall–Kier alpha value is -1.40. The van der Waals surface area contributed by atoms with Gasteiger partial charge in [-0.05, 0) is 45.6 Å². The van der Waals surface area contributed by atoms with Crippen LogP contribution in [0.4, 0.5) is 10.1 Å². The van der Waals surface area contributed by atoms with Crippen molar-refractivity contribution in [1.29, 1.82) is 0 Å². The van der Waals surface area contributed by atoms with Crippen molar-refractivity contribution in [3.8, 4) is 0 Å². The molecule has 0 radical (unpaired) electrons. The number of rotatable bonds is 4. The second kappa shape index (κ2) is 5.49. The van der Waals surface area contributed by atoms with Gasteiger partial charge in [-0.2, -0.15) is 0 Å². The van der Waals surface area contributed by atoms with E-state index in [1.807, 2.05) is 11.4 Å². The van der Waals surface area contributed by atoms with Gasteiger partial charge in [0.15, 0.2) is 0 Å². The fourth-order valence-electron chi connectivity index (χ4n) is 1.42. The topological polar surface area (TPSA) is 49.3 Å². The number of carboxylic acids is 1. The lowest BCUT2D eigenvalue weighted by Crippen LogP contribution is -2.03. The molecule has 1 aromatic heterocycles. The predicted octanol–water partition coefficient (Wildman–Crippen LogP) is 3.96. The van der Waals surface area contributed by atoms with E-state index in [-0.39, 0.29) is 5.56 Å². The summed E-state index contributed by atoms with van der Waals surface area (Å²) in [6.07, 6.45) is 0. The van der Waals surface area contributed by atoms with Gasteiger partial charge in [0.1, 0.15) is 5.82 Å². The van der Waals surface area contributed by atoms with Crippen LogP contribution in [0.2, 0.25) is 0 Å². The van der Waals surface area contributed by atoms with Crippen LogP contribution in [0.15, 0.2) is 34.1 Å². The Morgan fingerprint density at radius 2 is 2.22 bits per heavy atom. The summed E-state index contributed by atoms with van der Waals surface area (Å²) >= 11 is 4.94. The van der Waals surface area contributed by atoms with Crippen molar-refractivity contribution >= 4 is 38.9 Å². The van der Waals surface area contributed by atoms with E-state index in [1.165, 1.54) is 12.1 Å². The number of carbonyl (C=O) groups is 1. The number of thiophene rings is 1. The molecular weight excluding hydrogens is 321 g/mol. The van der Waals surface area contributed by atoms with Gasteiger partial charge in [0.2, 0.25) is 0 Å². The van der Waals surface area contributed by atoms with Crippen molar-refractivity contribution in [2.75, 3.05) is 5.32 Å². The molecule has 2 aromatic rings. The number of hydrogen-bond acceptors (Lipinski definition) is 3. The molecule has 0 saturated carbocycles. The fraction of sp³-hybridized carbons (Fsp3) is 0.0833. The predicted molar refractivity (Wildman–Crippen MR) is 72.7 cm³/mol. The van der Waals surface area contributed by atoms with Crippen LogP contribution in [0.5, 0.6) is 0 Å². The van der Waals surface area contributed by atoms with Crippen LogP contribution >= 0.6 is 27.3 Å². The highest BCUT2D eigenvalue weighted by Crippen LogP contribution is 2.24. The molecular formula is C12H9BrFNO2S. The minimum Gasteiger partial charge on any atom is -0.478 e. The zero-order chi connectivity index (χ0) is 13.1. The maximum absolute atomic E-state index is 13.6. The van der Waals surface area contributed by atoms with E-state index < -0.39 is 11.8 Å². The fourth-order valence-corrected chi connectivity index (χ4v) is 2.85. The maximum Gasteiger partial charge on any atom is 0.335 e. The van der Waals surface area contributed by atoms with Gasteiger partial charge >= 0.3 is 5.97 Å². The minimum absolute atomic E-state index is 0.0599. The molecule has 0 aliphatic heterocycles. The van der Waals surface area contributed by atoms with Gasteiger partial charge in [0, 0.05) is 9.35 Å². The first kappa shape index (κ1) is 13.0. The van der Waals surface area contributed by atoms with E-state index >= 15 is 0 Å². The quantitative estimate of drug-likeness (QED) is 0.892. The third-order valence-corrected chi connectivity index (χ3v) is 4.27. The van der Waals surface area contributed by atoms with Gasteiger partial charge in [-0.25, -0.2) is 9.18 Å². The summed E-state index contributed by atoms with van der Waals surface area (Å²) in [6.45, 7) is 0.488. The van der Waals surface area contributed by atoms with E-state index in [4.69, 9.17) is 5.11 Å². The zero-order valence-corrected chi connectivity index (χ0v) is 11.5. The second-order valence-electron chi connectivity index (χ2n) is 3.55. The summed E-state index contributed by atoms with van der Waals surface area (Å²) in [4.78, 5) is 11.7. The molecule has 0 fully saturated rings. The molecule has 0 bridgehead atoms. The smallest absolute Gasteiger partial charge is 0.335 e. The van der Waals surface area contributed by atoms with Crippen molar-refractivity contribution in [3.63, 3.8) is 0 Å². The molecule has 6 heteroatoms. The molecule has 0 spiro atoms. The maximum atomic E-state index is 13.6. The summed E-state index contributed by atoms with van der Waals surface area (Å²) in [5, 5.41) is 13.6. The van der Waals surface area contributed by atoms with Crippen molar-refractivity contribution in [2.45, 2.75) is 6.54 Å². The van der Waals surface area contributed by atoms with Crippen molar-refractivity contribution < 1.29 is 14.3 Å². The van der Waals surface area contributed by atoms with Crippen LogP contribution < -0.4 is 5.32 Å². The number of halogens is 2. The summed E-state index contributed by atoms with van der Waals surface area (Å²) in [5.74, 6) is -1.70. The second-order valence-corrected chi connectivity index (χ2v) is 5.40. The summed E-state index contributed by atoms with van der Waals surface area (Å²) in [6, 6.07) is 5.73. The number of benzene rings is 1. The van der Waals surface area contributed by atoms with Crippen molar-refractivity contribution in [2.24, 2.45) is 0 Å². The standard InChI is InChI=1S/C12H9BrFNO2S/c13-8-3-4-18-11(8)6-15-10-2-1-7(12(16)17)5-9(10)14/h1-5,15H,6H2,(H,16,17). The minimum atomic E-state index is -1.14. The Labute approximate surface area is 115 Å². The molecule has 0 amide bonds. The number of anilines is 1. The molecule has 2 N–H and O–H groups in total. The van der Waals surface area contributed by atoms with Gasteiger partial charge in [-0.3, -0.25) is 0 Å². The van der Waals surface area contributed by atoms with Gasteiger partial charge in [0.25, 0.3) is 0 Å². The SMILES string of the molecule is O=C(O)c1ccc(NCc2sccc2Br)c(F)c1. The van der Waals surface area contributed by atoms with Crippen LogP contribution in [0.1, 0.15) is 15.2 Å². The largest absolute Gasteiger partial charge is 0.478 e. The normalized spacial score (nSPS) is 10.3. The third-order valence-electron chi connectivity index (χ3n) is 2.35. The number of nitrogens with one attached hydrogen (secondary N) is 1. The molecule has 0 aliphatic carbocycles. The van der Waals surface area contributed by atoms with Crippen LogP contribution in [0.3, 0.4) is 0 Å². The van der Waals surface area contributed by atoms with Crippen molar-refractivity contribution in [3.05, 3.63) is 50.4 Å². The number of carboxylic acid groups (broad SMARTS) is 1. The van der Waals surface area contributed by atoms with Gasteiger partial charge in [0.05, 0.1) is 17.8 Å². The van der Waals surface area contributed by atoms with E-state index in [0.29, 0.717) is 12.2 Å². The van der Waals surface area contributed by atoms with Crippen LogP contribution in [0.25, 0.3) is 0 Å². The summed E-state index contributed by atoms with van der Waals surface area (Å²) < 4.78 is 14.6. The lowest BCUT2D eigenvalue weighted by Gasteiger charge is -2.07. The van der Waals surface area contributed by atoms with E-state index in [0.717, 1.165) is 15.4 Å². The molecule has 0 saturated heterocycles. The molecule has 18 heavy (non-hydrogen) atoms. The molecule has 94 valence electrons. The third kappa shape index (κ3) is 2.88. The lowest BCUT2D eigenvalue weighted by molar-refractivity contribution is 0.0696. The van der Waals surface area contributed by atoms with Crippen LogP contribution in [-0.4, -0.2) is 11.1 Å². The Morgan fingerprint density at radius 3 is 2.78 bits per heavy atom. The average Bonchev–Trinajstić information content (AvgIpc) is 2.73. The molecule has 1 aromatic carbocycles. The van der Waals surface area contributed by atoms with Crippen molar-refractivity contribution in [1.82, 2.24) is 0 Å². The molecule has 3 nitrogen and oxygen atoms in total. The Balaban J connectivity index is 2.11. The zero-order valence-electron chi connectivity index (χ0n) is 9.11. The van der Waals surface area contributed by atoms with Gasteiger partial charge in [-0.15, -0.1) is 11.3 Å². The van der Waals surface area contributed by atoms with Gasteiger partial charge in [-0.1, -0.05) is 0 Å². The van der Waals surface area contributed by atoms with E-state index in [1.54, 1.807) is 11.3 Å². The first-order chi connectivity index (χ1) is 8.58. The summed E-state index contributed by atoms with van der Waals surface area (Å²) in [7, 11) is 0. The first-order valence-corrected chi connectivity index (χ1v) is 6.74. The van der Waals surface area contributed by atoms with Gasteiger partial charge < -0.3 is 10.4 Å².